The number of hydrogen-bond donors (Lipinski definition) is 0. The minimum atomic E-state index is -0.871. The number of benzene rings is 1. The maximum absolute atomic E-state index is 13.0. The number of hydrogen-bond acceptors (Lipinski definition) is 5. The molecule has 26 heavy (non-hydrogen) atoms. The Morgan fingerprint density at radius 3 is 2.46 bits per heavy atom. The molecule has 8 heteroatoms. The monoisotopic (exact) mass is 392 g/mol. The van der Waals surface area contributed by atoms with E-state index in [0.29, 0.717) is 30.7 Å². The van der Waals surface area contributed by atoms with Crippen LogP contribution in [0.3, 0.4) is 0 Å². The van der Waals surface area contributed by atoms with E-state index in [4.69, 9.17) is 11.6 Å². The zero-order valence-electron chi connectivity index (χ0n) is 13.9. The first-order valence-corrected chi connectivity index (χ1v) is 9.75. The van der Waals surface area contributed by atoms with Gasteiger partial charge in [0.05, 0.1) is 16.3 Å². The van der Waals surface area contributed by atoms with Crippen LogP contribution in [0.15, 0.2) is 44.9 Å². The van der Waals surface area contributed by atoms with Crippen LogP contribution in [0.25, 0.3) is 0 Å². The van der Waals surface area contributed by atoms with Crippen LogP contribution in [0, 0.1) is 0 Å². The van der Waals surface area contributed by atoms with Gasteiger partial charge in [0.15, 0.2) is 0 Å². The lowest BCUT2D eigenvalue weighted by molar-refractivity contribution is -0.113. The van der Waals surface area contributed by atoms with Crippen molar-refractivity contribution in [3.05, 3.63) is 62.3 Å². The molecule has 6 nitrogen and oxygen atoms in total. The molecule has 0 fully saturated rings. The minimum absolute atomic E-state index is 0.0598. The van der Waals surface area contributed by atoms with Crippen molar-refractivity contribution >= 4 is 35.1 Å². The molecule has 0 bridgehead atoms. The van der Waals surface area contributed by atoms with Crippen molar-refractivity contribution in [2.45, 2.75) is 30.8 Å². The summed E-state index contributed by atoms with van der Waals surface area (Å²) in [6, 6.07) is 9.34. The minimum Gasteiger partial charge on any atom is -0.288 e. The van der Waals surface area contributed by atoms with Gasteiger partial charge in [0, 0.05) is 18.8 Å². The van der Waals surface area contributed by atoms with Gasteiger partial charge in [-0.3, -0.25) is 19.0 Å². The number of alkyl halides is 1. The second-order valence-corrected chi connectivity index (χ2v) is 7.28. The van der Waals surface area contributed by atoms with E-state index in [1.165, 1.54) is 0 Å². The number of carbonyl (C=O) groups excluding carboxylic acids is 2. The van der Waals surface area contributed by atoms with Crippen LogP contribution in [0.1, 0.15) is 28.8 Å². The van der Waals surface area contributed by atoms with Gasteiger partial charge >= 0.3 is 11.6 Å². The van der Waals surface area contributed by atoms with Gasteiger partial charge in [0.1, 0.15) is 0 Å². The Bertz CT molecular complexity index is 966. The molecule has 0 radical (unpaired) electrons. The molecule has 1 aliphatic heterocycles. The summed E-state index contributed by atoms with van der Waals surface area (Å²) >= 11 is 6.74. The Morgan fingerprint density at radius 2 is 1.77 bits per heavy atom. The molecule has 0 unspecified atom stereocenters. The molecule has 3 rings (SSSR count). The molecule has 1 aromatic heterocycles. The van der Waals surface area contributed by atoms with Gasteiger partial charge in [-0.1, -0.05) is 42.1 Å². The van der Waals surface area contributed by atoms with E-state index < -0.39 is 22.9 Å². The number of nitrogens with zero attached hydrogens (tertiary/aromatic N) is 2. The van der Waals surface area contributed by atoms with Crippen molar-refractivity contribution in [3.63, 3.8) is 0 Å². The topological polar surface area (TPSA) is 78.1 Å². The normalized spacial score (nSPS) is 13.7. The smallest absolute Gasteiger partial charge is 0.288 e. The largest absolute Gasteiger partial charge is 0.339 e. The number of halogens is 1. The van der Waals surface area contributed by atoms with Crippen molar-refractivity contribution in [3.8, 4) is 0 Å². The van der Waals surface area contributed by atoms with E-state index in [1.54, 1.807) is 0 Å². The lowest BCUT2D eigenvalue weighted by atomic mass is 10.1. The predicted molar refractivity (Wildman–Crippen MR) is 101 cm³/mol. The number of Topliss-reactive ketones (excluding diaryl/α,β-unsaturated/α-hetero) is 1. The molecule has 0 amide bonds. The van der Waals surface area contributed by atoms with Crippen molar-refractivity contribution in [1.29, 1.82) is 0 Å². The van der Waals surface area contributed by atoms with E-state index in [2.05, 4.69) is 0 Å². The highest BCUT2D eigenvalue weighted by Gasteiger charge is 2.31. The fraction of sp³-hybridized carbons (Fsp3) is 0.333. The maximum atomic E-state index is 13.0. The van der Waals surface area contributed by atoms with Gasteiger partial charge in [0.25, 0.3) is 5.56 Å². The molecule has 0 aliphatic carbocycles. The summed E-state index contributed by atoms with van der Waals surface area (Å²) in [7, 11) is 0. The van der Waals surface area contributed by atoms with E-state index in [0.717, 1.165) is 26.5 Å². The molecular formula is C18H17ClN2O4S. The van der Waals surface area contributed by atoms with Gasteiger partial charge in [0.2, 0.25) is 5.78 Å². The van der Waals surface area contributed by atoms with Crippen LogP contribution < -0.4 is 11.2 Å². The lowest BCUT2D eigenvalue weighted by Gasteiger charge is -2.20. The van der Waals surface area contributed by atoms with E-state index in [1.807, 2.05) is 30.3 Å². The third-order valence-corrected chi connectivity index (χ3v) is 5.53. The standard InChI is InChI=1S/C18H17ClN2O4S/c19-8-4-5-9-20-15(23)13(10-12-6-2-1-3-7-12)17-21(18(20)25)16(24)14(22)11-26-17/h1-3,6-7H,4-5,8-11H2. The highest BCUT2D eigenvalue weighted by atomic mass is 35.5. The average Bonchev–Trinajstić information content (AvgIpc) is 2.65. The number of rotatable bonds is 6. The fourth-order valence-corrected chi connectivity index (χ4v) is 4.05. The van der Waals surface area contributed by atoms with E-state index in [9.17, 15) is 19.2 Å². The Balaban J connectivity index is 2.17. The Hall–Kier alpha value is -2.12. The van der Waals surface area contributed by atoms with Crippen LogP contribution in [-0.4, -0.2) is 32.5 Å². The fourth-order valence-electron chi connectivity index (χ4n) is 2.85. The number of ketones is 1. The molecule has 0 saturated heterocycles. The SMILES string of the molecule is O=C1CSc2c(Cc3ccccc3)c(=O)n(CCCCCl)c(=O)n2C1=O. The summed E-state index contributed by atoms with van der Waals surface area (Å²) in [6.07, 6.45) is 1.47. The van der Waals surface area contributed by atoms with Gasteiger partial charge in [-0.05, 0) is 18.4 Å². The highest BCUT2D eigenvalue weighted by Crippen LogP contribution is 2.25. The Labute approximate surface area is 158 Å². The summed E-state index contributed by atoms with van der Waals surface area (Å²) in [5.74, 6) is -1.15. The summed E-state index contributed by atoms with van der Waals surface area (Å²) in [6.45, 7) is 0.165. The van der Waals surface area contributed by atoms with Crippen LogP contribution >= 0.6 is 23.4 Å². The average molecular weight is 393 g/mol. The first-order chi connectivity index (χ1) is 12.5. The molecular weight excluding hydrogens is 376 g/mol. The van der Waals surface area contributed by atoms with E-state index >= 15 is 0 Å². The quantitative estimate of drug-likeness (QED) is 0.325. The molecule has 1 aliphatic rings. The number of aromatic nitrogens is 2. The molecule has 2 aromatic rings. The summed E-state index contributed by atoms with van der Waals surface area (Å²) in [5, 5.41) is 0.280. The summed E-state index contributed by atoms with van der Waals surface area (Å²) in [4.78, 5) is 49.8. The van der Waals surface area contributed by atoms with E-state index in [-0.39, 0.29) is 17.3 Å². The van der Waals surface area contributed by atoms with Gasteiger partial charge in [-0.15, -0.1) is 11.6 Å². The maximum Gasteiger partial charge on any atom is 0.339 e. The van der Waals surface area contributed by atoms with Gasteiger partial charge < -0.3 is 0 Å². The third kappa shape index (κ3) is 3.54. The number of unbranched alkanes of at least 4 members (excludes halogenated alkanes) is 1. The molecule has 136 valence electrons. The van der Waals surface area contributed by atoms with Crippen LogP contribution in [0.4, 0.5) is 0 Å². The molecule has 0 spiro atoms. The molecule has 0 N–H and O–H groups in total. The molecule has 0 atom stereocenters. The van der Waals surface area contributed by atoms with Crippen LogP contribution in [0.2, 0.25) is 0 Å². The van der Waals surface area contributed by atoms with Crippen LogP contribution in [0.5, 0.6) is 0 Å². The predicted octanol–water partition coefficient (Wildman–Crippen LogP) is 1.93. The first-order valence-electron chi connectivity index (χ1n) is 8.23. The molecule has 2 heterocycles. The zero-order valence-corrected chi connectivity index (χ0v) is 15.5. The first kappa shape index (κ1) is 18.7. The van der Waals surface area contributed by atoms with Crippen molar-refractivity contribution in [2.24, 2.45) is 0 Å². The van der Waals surface area contributed by atoms with Gasteiger partial charge in [-0.2, -0.15) is 0 Å². The Kier molecular flexibility index (Phi) is 5.78. The van der Waals surface area contributed by atoms with Gasteiger partial charge in [-0.25, -0.2) is 9.36 Å². The van der Waals surface area contributed by atoms with Crippen LogP contribution in [-0.2, 0) is 17.8 Å². The van der Waals surface area contributed by atoms with Crippen molar-refractivity contribution < 1.29 is 9.59 Å². The lowest BCUT2D eigenvalue weighted by Crippen LogP contribution is -2.48. The second-order valence-electron chi connectivity index (χ2n) is 5.93. The number of fused-ring (bicyclic) bond motifs is 1. The molecule has 1 aromatic carbocycles. The summed E-state index contributed by atoms with van der Waals surface area (Å²) < 4.78 is 1.91. The molecule has 0 saturated carbocycles. The second kappa shape index (κ2) is 8.05. The number of carbonyl (C=O) groups is 2. The highest BCUT2D eigenvalue weighted by molar-refractivity contribution is 8.00. The third-order valence-electron chi connectivity index (χ3n) is 4.16. The van der Waals surface area contributed by atoms with Crippen molar-refractivity contribution in [1.82, 2.24) is 9.13 Å². The number of thioether (sulfide) groups is 1. The Morgan fingerprint density at radius 1 is 1.04 bits per heavy atom. The zero-order chi connectivity index (χ0) is 18.7. The summed E-state index contributed by atoms with van der Waals surface area (Å²) in [5.41, 5.74) is 0.104. The van der Waals surface area contributed by atoms with Crippen molar-refractivity contribution in [2.75, 3.05) is 11.6 Å².